The molecule has 21 nitrogen and oxygen atoms in total. The van der Waals surface area contributed by atoms with Gasteiger partial charge in [0.15, 0.2) is 43.0 Å². The Hall–Kier alpha value is -4.73. The van der Waals surface area contributed by atoms with Crippen LogP contribution in [0.1, 0.15) is 60.4 Å². The van der Waals surface area contributed by atoms with Gasteiger partial charge in [-0.05, 0) is 0 Å². The Morgan fingerprint density at radius 3 is 1.52 bits per heavy atom. The maximum absolute atomic E-state index is 12.5. The molecule has 0 bridgehead atoms. The normalized spacial score (nSPS) is 29.1. The second kappa shape index (κ2) is 17.8. The van der Waals surface area contributed by atoms with E-state index in [9.17, 15) is 38.7 Å². The lowest BCUT2D eigenvalue weighted by atomic mass is 9.95. The lowest BCUT2D eigenvalue weighted by Crippen LogP contribution is -2.66. The molecule has 10 atom stereocenters. The number of rotatable bonds is 13. The van der Waals surface area contributed by atoms with Gasteiger partial charge >= 0.3 is 41.8 Å². The van der Waals surface area contributed by atoms with Crippen LogP contribution < -0.4 is 0 Å². The SMILES string of the molecule is CC(=O)OC[C@H]1O[C@@H](n2cc(CO)nn2)[C@H](OC(C)=O)[C@@H](OC(C)=O)[C@@H]1O[C@H]1O[C@H](COC(C)=O)[C@@H](OC(C)=O)[C@H](OC(C)=O)[C@H]1OC(C)=O. The fraction of sp³-hybridized carbons (Fsp3) is 0.690. The molecule has 278 valence electrons. The molecule has 1 aromatic rings. The fourth-order valence-electron chi connectivity index (χ4n) is 5.21. The van der Waals surface area contributed by atoms with E-state index in [1.54, 1.807) is 0 Å². The number of carbonyl (C=O) groups excluding carboxylic acids is 7. The molecular formula is C29H39N3O18. The van der Waals surface area contributed by atoms with E-state index in [1.165, 1.54) is 6.20 Å². The zero-order valence-electron chi connectivity index (χ0n) is 28.2. The summed E-state index contributed by atoms with van der Waals surface area (Å²) in [6.07, 6.45) is -14.5. The largest absolute Gasteiger partial charge is 0.463 e. The topological polar surface area (TPSA) is 263 Å². The summed E-state index contributed by atoms with van der Waals surface area (Å²) in [6.45, 7) is 5.70. The van der Waals surface area contributed by atoms with Gasteiger partial charge in [-0.15, -0.1) is 5.10 Å². The first-order valence-electron chi connectivity index (χ1n) is 15.1. The van der Waals surface area contributed by atoms with Gasteiger partial charge in [-0.25, -0.2) is 4.68 Å². The van der Waals surface area contributed by atoms with Crippen molar-refractivity contribution in [2.24, 2.45) is 0 Å². The maximum atomic E-state index is 12.5. The molecule has 2 aliphatic rings. The van der Waals surface area contributed by atoms with E-state index in [1.807, 2.05) is 0 Å². The number of aliphatic hydroxyl groups is 1. The second-order valence-corrected chi connectivity index (χ2v) is 11.0. The van der Waals surface area contributed by atoms with Crippen molar-refractivity contribution in [1.29, 1.82) is 0 Å². The van der Waals surface area contributed by atoms with Gasteiger partial charge in [0.25, 0.3) is 0 Å². The highest BCUT2D eigenvalue weighted by molar-refractivity contribution is 5.69. The first-order valence-corrected chi connectivity index (χ1v) is 15.1. The molecule has 21 heteroatoms. The molecule has 3 rings (SSSR count). The first-order chi connectivity index (χ1) is 23.5. The molecule has 50 heavy (non-hydrogen) atoms. The van der Waals surface area contributed by atoms with Gasteiger partial charge < -0.3 is 52.5 Å². The van der Waals surface area contributed by atoms with Crippen molar-refractivity contribution in [2.45, 2.75) is 116 Å². The Labute approximate surface area is 284 Å². The average molecular weight is 718 g/mol. The third kappa shape index (κ3) is 10.9. The van der Waals surface area contributed by atoms with Crippen molar-refractivity contribution in [2.75, 3.05) is 13.2 Å². The predicted octanol–water partition coefficient (Wildman–Crippen LogP) is -1.44. The lowest BCUT2D eigenvalue weighted by Gasteiger charge is -2.48. The summed E-state index contributed by atoms with van der Waals surface area (Å²) in [7, 11) is 0. The van der Waals surface area contributed by atoms with Crippen LogP contribution in [0, 0.1) is 0 Å². The van der Waals surface area contributed by atoms with E-state index in [0.717, 1.165) is 53.1 Å². The number of hydrogen-bond acceptors (Lipinski definition) is 20. The van der Waals surface area contributed by atoms with Crippen LogP contribution in [0.15, 0.2) is 6.20 Å². The van der Waals surface area contributed by atoms with Crippen LogP contribution in [0.2, 0.25) is 0 Å². The van der Waals surface area contributed by atoms with Crippen LogP contribution in [0.25, 0.3) is 0 Å². The van der Waals surface area contributed by atoms with E-state index in [-0.39, 0.29) is 5.69 Å². The van der Waals surface area contributed by atoms with E-state index in [4.69, 9.17) is 47.4 Å². The highest BCUT2D eigenvalue weighted by Crippen LogP contribution is 2.38. The molecule has 0 amide bonds. The van der Waals surface area contributed by atoms with E-state index >= 15 is 0 Å². The van der Waals surface area contributed by atoms with Crippen molar-refractivity contribution in [3.05, 3.63) is 11.9 Å². The van der Waals surface area contributed by atoms with Gasteiger partial charge in [-0.3, -0.25) is 33.6 Å². The van der Waals surface area contributed by atoms with Gasteiger partial charge in [0.1, 0.15) is 37.2 Å². The zero-order chi connectivity index (χ0) is 37.3. The van der Waals surface area contributed by atoms with Crippen LogP contribution >= 0.6 is 0 Å². The van der Waals surface area contributed by atoms with Crippen molar-refractivity contribution >= 4 is 41.8 Å². The Balaban J connectivity index is 2.19. The number of esters is 7. The molecular weight excluding hydrogens is 678 g/mol. The minimum atomic E-state index is -1.82. The molecule has 1 aromatic heterocycles. The van der Waals surface area contributed by atoms with Crippen LogP contribution in [-0.2, 0) is 87.5 Å². The summed E-state index contributed by atoms with van der Waals surface area (Å²) in [4.78, 5) is 85.3. The average Bonchev–Trinajstić information content (AvgIpc) is 3.48. The highest BCUT2D eigenvalue weighted by Gasteiger charge is 2.57. The molecule has 0 unspecified atom stereocenters. The molecule has 0 spiro atoms. The van der Waals surface area contributed by atoms with Gasteiger partial charge in [-0.1, -0.05) is 5.21 Å². The summed E-state index contributed by atoms with van der Waals surface area (Å²) in [5.74, 6) is -5.99. The van der Waals surface area contributed by atoms with Crippen molar-refractivity contribution in [1.82, 2.24) is 15.0 Å². The molecule has 0 aromatic carbocycles. The number of aliphatic hydroxyl groups excluding tert-OH is 1. The molecule has 0 aliphatic carbocycles. The molecule has 0 radical (unpaired) electrons. The van der Waals surface area contributed by atoms with Crippen LogP contribution in [0.4, 0.5) is 0 Å². The van der Waals surface area contributed by atoms with E-state index in [2.05, 4.69) is 10.3 Å². The maximum Gasteiger partial charge on any atom is 0.303 e. The fourth-order valence-corrected chi connectivity index (χ4v) is 5.21. The first kappa shape index (κ1) is 39.7. The predicted molar refractivity (Wildman–Crippen MR) is 154 cm³/mol. The summed E-state index contributed by atoms with van der Waals surface area (Å²) < 4.78 is 57.3. The highest BCUT2D eigenvalue weighted by atomic mass is 16.8. The van der Waals surface area contributed by atoms with Crippen molar-refractivity contribution in [3.63, 3.8) is 0 Å². The molecule has 1 N–H and O–H groups in total. The Morgan fingerprint density at radius 2 is 1.06 bits per heavy atom. The Kier molecular flexibility index (Phi) is 14.1. The van der Waals surface area contributed by atoms with Gasteiger partial charge in [0.2, 0.25) is 0 Å². The molecule has 0 saturated carbocycles. The molecule has 2 fully saturated rings. The van der Waals surface area contributed by atoms with Crippen LogP contribution in [0.3, 0.4) is 0 Å². The summed E-state index contributed by atoms with van der Waals surface area (Å²) in [5, 5.41) is 17.2. The molecule has 2 aliphatic heterocycles. The number of hydrogen-bond donors (Lipinski definition) is 1. The van der Waals surface area contributed by atoms with Crippen molar-refractivity contribution in [3.8, 4) is 0 Å². The minimum absolute atomic E-state index is 0.0895. The summed E-state index contributed by atoms with van der Waals surface area (Å²) in [6, 6.07) is 0. The molecule has 2 saturated heterocycles. The third-order valence-corrected chi connectivity index (χ3v) is 6.88. The summed E-state index contributed by atoms with van der Waals surface area (Å²) in [5.41, 5.74) is 0.0895. The number of ether oxygens (including phenoxy) is 10. The number of nitrogens with zero attached hydrogens (tertiary/aromatic N) is 3. The van der Waals surface area contributed by atoms with Crippen molar-refractivity contribution < 1.29 is 86.0 Å². The Morgan fingerprint density at radius 1 is 0.620 bits per heavy atom. The lowest BCUT2D eigenvalue weighted by molar-refractivity contribution is -0.349. The minimum Gasteiger partial charge on any atom is -0.463 e. The second-order valence-electron chi connectivity index (χ2n) is 11.0. The van der Waals surface area contributed by atoms with Crippen LogP contribution in [0.5, 0.6) is 0 Å². The third-order valence-electron chi connectivity index (χ3n) is 6.88. The number of carbonyl (C=O) groups is 7. The van der Waals surface area contributed by atoms with Gasteiger partial charge in [0, 0.05) is 48.5 Å². The van der Waals surface area contributed by atoms with E-state index < -0.39 is 123 Å². The van der Waals surface area contributed by atoms with Crippen LogP contribution in [-0.4, -0.2) is 130 Å². The van der Waals surface area contributed by atoms with E-state index in [0.29, 0.717) is 0 Å². The number of aromatic nitrogens is 3. The quantitative estimate of drug-likeness (QED) is 0.181. The van der Waals surface area contributed by atoms with Gasteiger partial charge in [-0.2, -0.15) is 0 Å². The standard InChI is InChI=1S/C29H39N3O18/c1-12(34)41-10-20-23(24(44-15(4)37)26(46-17(6)39)28(48-20)32-8-19(9-33)30-31-32)50-29-27(47-18(7)40)25(45-16(5)38)22(43-14(3)36)21(49-29)11-42-13(2)35/h8,20-29,33H,9-11H2,1-7H3/t20-,21-,22-,23-,24+,25+,26-,27-,28-,29-/m1/s1. The molecule has 3 heterocycles. The summed E-state index contributed by atoms with van der Waals surface area (Å²) >= 11 is 0. The Bertz CT molecular complexity index is 1420. The van der Waals surface area contributed by atoms with Gasteiger partial charge in [0.05, 0.1) is 12.8 Å². The monoisotopic (exact) mass is 717 g/mol. The zero-order valence-corrected chi connectivity index (χ0v) is 28.2. The smallest absolute Gasteiger partial charge is 0.303 e.